The van der Waals surface area contributed by atoms with Crippen molar-refractivity contribution in [3.8, 4) is 5.75 Å². The third-order valence-corrected chi connectivity index (χ3v) is 6.49. The smallest absolute Gasteiger partial charge is 0.294 e. The predicted octanol–water partition coefficient (Wildman–Crippen LogP) is 3.56. The van der Waals surface area contributed by atoms with Crippen LogP contribution in [-0.4, -0.2) is 53.6 Å². The van der Waals surface area contributed by atoms with E-state index < -0.39 is 11.1 Å². The van der Waals surface area contributed by atoms with Crippen molar-refractivity contribution in [1.82, 2.24) is 9.80 Å². The van der Waals surface area contributed by atoms with Crippen molar-refractivity contribution in [3.05, 3.63) is 29.7 Å². The second kappa shape index (κ2) is 8.46. The number of amides is 3. The number of likely N-dealkylation sites (tertiary alicyclic amines) is 1. The first kappa shape index (κ1) is 19.9. The second-order valence-corrected chi connectivity index (χ2v) is 9.27. The summed E-state index contributed by atoms with van der Waals surface area (Å²) in [6, 6.07) is 3.86. The summed E-state index contributed by atoms with van der Waals surface area (Å²) in [5.74, 6) is 0.0573. The molecule has 1 aromatic rings. The summed E-state index contributed by atoms with van der Waals surface area (Å²) < 4.78 is 7.35. The molecule has 2 aliphatic rings. The van der Waals surface area contributed by atoms with Crippen LogP contribution in [0.1, 0.15) is 18.4 Å². The van der Waals surface area contributed by atoms with E-state index in [2.05, 4.69) is 45.2 Å². The average molecular weight is 598 g/mol. The first-order valence-electron chi connectivity index (χ1n) is 7.97. The van der Waals surface area contributed by atoms with Gasteiger partial charge in [0.15, 0.2) is 0 Å². The molecule has 138 valence electrons. The molecule has 2 heterocycles. The molecular formula is C17H16I2N2O4S. The molecule has 0 radical (unpaired) electrons. The second-order valence-electron chi connectivity index (χ2n) is 5.87. The van der Waals surface area contributed by atoms with Gasteiger partial charge in [0.25, 0.3) is 11.1 Å². The molecule has 26 heavy (non-hydrogen) atoms. The van der Waals surface area contributed by atoms with Gasteiger partial charge in [-0.25, -0.2) is 0 Å². The lowest BCUT2D eigenvalue weighted by Gasteiger charge is -2.18. The number of benzene rings is 1. The van der Waals surface area contributed by atoms with Gasteiger partial charge >= 0.3 is 0 Å². The number of thioether (sulfide) groups is 1. The van der Waals surface area contributed by atoms with Crippen molar-refractivity contribution in [3.63, 3.8) is 0 Å². The van der Waals surface area contributed by atoms with E-state index in [-0.39, 0.29) is 12.5 Å². The van der Waals surface area contributed by atoms with E-state index in [1.165, 1.54) is 0 Å². The Kier molecular flexibility index (Phi) is 6.49. The molecule has 0 spiro atoms. The number of methoxy groups -OCH3 is 1. The summed E-state index contributed by atoms with van der Waals surface area (Å²) in [5, 5.41) is -0.409. The third kappa shape index (κ3) is 4.19. The molecule has 3 rings (SSSR count). The summed E-state index contributed by atoms with van der Waals surface area (Å²) >= 11 is 5.22. The van der Waals surface area contributed by atoms with E-state index in [0.717, 1.165) is 42.2 Å². The number of hydrogen-bond donors (Lipinski definition) is 0. The van der Waals surface area contributed by atoms with Crippen LogP contribution in [0, 0.1) is 7.14 Å². The Hall–Kier alpha value is -0.820. The fourth-order valence-electron chi connectivity index (χ4n) is 2.88. The molecule has 2 aliphatic heterocycles. The van der Waals surface area contributed by atoms with Crippen LogP contribution in [0.3, 0.4) is 0 Å². The van der Waals surface area contributed by atoms with Gasteiger partial charge in [0.05, 0.1) is 15.6 Å². The van der Waals surface area contributed by atoms with Crippen molar-refractivity contribution >= 4 is 80.1 Å². The van der Waals surface area contributed by atoms with Crippen LogP contribution in [0.4, 0.5) is 4.79 Å². The molecule has 2 saturated heterocycles. The van der Waals surface area contributed by atoms with E-state index >= 15 is 0 Å². The first-order valence-corrected chi connectivity index (χ1v) is 10.9. The van der Waals surface area contributed by atoms with E-state index in [9.17, 15) is 14.4 Å². The van der Waals surface area contributed by atoms with Gasteiger partial charge in [-0.15, -0.1) is 0 Å². The lowest BCUT2D eigenvalue weighted by Crippen LogP contribution is -2.40. The van der Waals surface area contributed by atoms with Crippen molar-refractivity contribution in [2.75, 3.05) is 26.7 Å². The molecule has 0 unspecified atom stereocenters. The van der Waals surface area contributed by atoms with Gasteiger partial charge in [0.2, 0.25) is 5.91 Å². The fraction of sp³-hybridized carbons (Fsp3) is 0.353. The predicted molar refractivity (Wildman–Crippen MR) is 117 cm³/mol. The molecule has 9 heteroatoms. The number of halogens is 2. The van der Waals surface area contributed by atoms with Crippen molar-refractivity contribution in [1.29, 1.82) is 0 Å². The van der Waals surface area contributed by atoms with Crippen LogP contribution < -0.4 is 4.74 Å². The summed E-state index contributed by atoms with van der Waals surface area (Å²) in [7, 11) is 1.57. The molecular weight excluding hydrogens is 582 g/mol. The molecule has 0 bridgehead atoms. The Balaban J connectivity index is 1.82. The molecule has 2 fully saturated rings. The van der Waals surface area contributed by atoms with Crippen LogP contribution >= 0.6 is 56.9 Å². The Labute approximate surface area is 183 Å². The van der Waals surface area contributed by atoms with Crippen molar-refractivity contribution in [2.45, 2.75) is 12.8 Å². The fourth-order valence-corrected chi connectivity index (χ4v) is 5.82. The SMILES string of the molecule is COc1c(I)cc(I)cc1/C=C1/SC(=O)N(CC(=O)N2CCCC2)C1=O. The monoisotopic (exact) mass is 598 g/mol. The first-order chi connectivity index (χ1) is 12.4. The Bertz CT molecular complexity index is 806. The van der Waals surface area contributed by atoms with Crippen molar-refractivity contribution in [2.24, 2.45) is 0 Å². The molecule has 3 amide bonds. The highest BCUT2D eigenvalue weighted by atomic mass is 127. The van der Waals surface area contributed by atoms with Gasteiger partial charge < -0.3 is 9.64 Å². The molecule has 0 aliphatic carbocycles. The molecule has 0 atom stereocenters. The van der Waals surface area contributed by atoms with Gasteiger partial charge in [-0.05, 0) is 88.0 Å². The highest BCUT2D eigenvalue weighted by molar-refractivity contribution is 14.1. The maximum Gasteiger partial charge on any atom is 0.294 e. The number of ether oxygens (including phenoxy) is 1. The minimum Gasteiger partial charge on any atom is -0.495 e. The standard InChI is InChI=1S/C17H16I2N2O4S/c1-25-15-10(6-11(18)8-12(15)19)7-13-16(23)21(17(24)26-13)9-14(22)20-4-2-3-5-20/h6-8H,2-5,9H2,1H3/b13-7+. The maximum atomic E-state index is 12.6. The minimum absolute atomic E-state index is 0.174. The topological polar surface area (TPSA) is 66.9 Å². The van der Waals surface area contributed by atoms with Crippen LogP contribution in [0.2, 0.25) is 0 Å². The van der Waals surface area contributed by atoms with Gasteiger partial charge in [-0.1, -0.05) is 0 Å². The quantitative estimate of drug-likeness (QED) is 0.392. The number of carbonyl (C=O) groups excluding carboxylic acids is 3. The Morgan fingerprint density at radius 1 is 1.27 bits per heavy atom. The largest absolute Gasteiger partial charge is 0.495 e. The van der Waals surface area contributed by atoms with E-state index in [1.54, 1.807) is 18.1 Å². The zero-order valence-electron chi connectivity index (χ0n) is 14.0. The maximum absolute atomic E-state index is 12.6. The molecule has 1 aromatic carbocycles. The lowest BCUT2D eigenvalue weighted by molar-refractivity contribution is -0.135. The van der Waals surface area contributed by atoms with Gasteiger partial charge in [-0.3, -0.25) is 19.3 Å². The minimum atomic E-state index is -0.427. The highest BCUT2D eigenvalue weighted by Crippen LogP contribution is 2.36. The lowest BCUT2D eigenvalue weighted by atomic mass is 10.2. The van der Waals surface area contributed by atoms with Gasteiger partial charge in [0.1, 0.15) is 12.3 Å². The van der Waals surface area contributed by atoms with Crippen molar-refractivity contribution < 1.29 is 19.1 Å². The average Bonchev–Trinajstić information content (AvgIpc) is 3.19. The molecule has 0 N–H and O–H groups in total. The Morgan fingerprint density at radius 3 is 2.62 bits per heavy atom. The van der Waals surface area contributed by atoms with E-state index in [0.29, 0.717) is 23.7 Å². The zero-order chi connectivity index (χ0) is 18.8. The summed E-state index contributed by atoms with van der Waals surface area (Å²) in [5.41, 5.74) is 0.736. The van der Waals surface area contributed by atoms with E-state index in [4.69, 9.17) is 4.74 Å². The number of nitrogens with zero attached hydrogens (tertiary/aromatic N) is 2. The normalized spacial score (nSPS) is 19.0. The summed E-state index contributed by atoms with van der Waals surface area (Å²) in [6.07, 6.45) is 3.60. The number of carbonyl (C=O) groups is 3. The summed E-state index contributed by atoms with van der Waals surface area (Å²) in [6.45, 7) is 1.20. The molecule has 0 saturated carbocycles. The number of hydrogen-bond acceptors (Lipinski definition) is 5. The summed E-state index contributed by atoms with van der Waals surface area (Å²) in [4.78, 5) is 40.2. The third-order valence-electron chi connectivity index (χ3n) is 4.15. The van der Waals surface area contributed by atoms with Crippen LogP contribution in [0.5, 0.6) is 5.75 Å². The van der Waals surface area contributed by atoms with Gasteiger partial charge in [0, 0.05) is 22.2 Å². The zero-order valence-corrected chi connectivity index (χ0v) is 19.1. The van der Waals surface area contributed by atoms with Gasteiger partial charge in [-0.2, -0.15) is 0 Å². The number of rotatable bonds is 4. The number of imide groups is 1. The van der Waals surface area contributed by atoms with Crippen LogP contribution in [0.25, 0.3) is 6.08 Å². The Morgan fingerprint density at radius 2 is 1.96 bits per heavy atom. The van der Waals surface area contributed by atoms with E-state index in [1.807, 2.05) is 12.1 Å². The van der Waals surface area contributed by atoms with Crippen LogP contribution in [-0.2, 0) is 9.59 Å². The highest BCUT2D eigenvalue weighted by Gasteiger charge is 2.37. The van der Waals surface area contributed by atoms with Crippen LogP contribution in [0.15, 0.2) is 17.0 Å². The molecule has 0 aromatic heterocycles. The molecule has 6 nitrogen and oxygen atoms in total.